The van der Waals surface area contributed by atoms with Crippen LogP contribution in [0, 0.1) is 11.7 Å². The van der Waals surface area contributed by atoms with E-state index in [4.69, 9.17) is 4.99 Å². The zero-order valence-corrected chi connectivity index (χ0v) is 16.4. The Morgan fingerprint density at radius 2 is 1.96 bits per heavy atom. The van der Waals surface area contributed by atoms with E-state index in [1.807, 2.05) is 6.92 Å². The van der Waals surface area contributed by atoms with E-state index in [0.29, 0.717) is 6.54 Å². The van der Waals surface area contributed by atoms with Crippen LogP contribution >= 0.6 is 0 Å². The number of urea groups is 1. The van der Waals surface area contributed by atoms with Gasteiger partial charge in [-0.15, -0.1) is 0 Å². The molecule has 152 valence electrons. The van der Waals surface area contributed by atoms with Gasteiger partial charge in [0.2, 0.25) is 0 Å². The van der Waals surface area contributed by atoms with Crippen molar-refractivity contribution in [1.29, 1.82) is 0 Å². The van der Waals surface area contributed by atoms with Crippen molar-refractivity contribution in [2.75, 3.05) is 26.2 Å². The number of amides is 3. The number of piperidine rings is 1. The Labute approximate surface area is 164 Å². The third-order valence-electron chi connectivity index (χ3n) is 5.59. The molecule has 2 aliphatic rings. The maximum absolute atomic E-state index is 13.0. The Morgan fingerprint density at radius 1 is 1.29 bits per heavy atom. The quantitative estimate of drug-likeness (QED) is 0.406. The number of aliphatic imine (C=N–C) groups is 1. The van der Waals surface area contributed by atoms with Crippen LogP contribution in [0.3, 0.4) is 0 Å². The second-order valence-corrected chi connectivity index (χ2v) is 7.48. The van der Waals surface area contributed by atoms with Crippen LogP contribution in [0.15, 0.2) is 29.3 Å². The van der Waals surface area contributed by atoms with E-state index in [-0.39, 0.29) is 17.6 Å². The van der Waals surface area contributed by atoms with Crippen molar-refractivity contribution in [2.45, 2.75) is 38.6 Å². The molecular weight excluding hydrogens is 361 g/mol. The van der Waals surface area contributed by atoms with E-state index >= 15 is 0 Å². The molecule has 0 bridgehead atoms. The predicted octanol–water partition coefficient (Wildman–Crippen LogP) is 1.64. The van der Waals surface area contributed by atoms with Crippen LogP contribution in [-0.2, 0) is 11.2 Å². The molecule has 0 aromatic heterocycles. The van der Waals surface area contributed by atoms with Gasteiger partial charge in [-0.1, -0.05) is 12.1 Å². The molecule has 1 aromatic rings. The number of hydrogen-bond donors (Lipinski definition) is 3. The molecule has 1 atom stereocenters. The van der Waals surface area contributed by atoms with Gasteiger partial charge in [0.25, 0.3) is 5.91 Å². The minimum atomic E-state index is -0.832. The maximum Gasteiger partial charge on any atom is 0.322 e. The number of likely N-dealkylation sites (tertiary alicyclic amines) is 1. The fourth-order valence-corrected chi connectivity index (χ4v) is 3.88. The monoisotopic (exact) mass is 389 g/mol. The average molecular weight is 389 g/mol. The zero-order valence-electron chi connectivity index (χ0n) is 16.4. The Bertz CT molecular complexity index is 743. The Kier molecular flexibility index (Phi) is 6.16. The summed E-state index contributed by atoms with van der Waals surface area (Å²) in [6.07, 6.45) is 2.34. The van der Waals surface area contributed by atoms with Crippen LogP contribution in [0.25, 0.3) is 0 Å². The van der Waals surface area contributed by atoms with Gasteiger partial charge in [-0.3, -0.25) is 15.1 Å². The lowest BCUT2D eigenvalue weighted by atomic mass is 9.79. The molecule has 1 unspecified atom stereocenters. The fraction of sp³-hybridized carbons (Fsp3) is 0.550. The van der Waals surface area contributed by atoms with Gasteiger partial charge in [0.05, 0.1) is 0 Å². The minimum Gasteiger partial charge on any atom is -0.357 e. The highest BCUT2D eigenvalue weighted by atomic mass is 19.1. The minimum absolute atomic E-state index is 0.0947. The number of halogens is 1. The molecule has 8 heteroatoms. The number of benzene rings is 1. The summed E-state index contributed by atoms with van der Waals surface area (Å²) in [4.78, 5) is 30.6. The van der Waals surface area contributed by atoms with Gasteiger partial charge in [0.1, 0.15) is 11.4 Å². The van der Waals surface area contributed by atoms with E-state index in [1.54, 1.807) is 19.1 Å². The third kappa shape index (κ3) is 4.43. The summed E-state index contributed by atoms with van der Waals surface area (Å²) < 4.78 is 13.0. The molecule has 2 heterocycles. The van der Waals surface area contributed by atoms with Gasteiger partial charge in [-0.2, -0.15) is 0 Å². The number of hydrogen-bond acceptors (Lipinski definition) is 3. The molecule has 0 saturated carbocycles. The van der Waals surface area contributed by atoms with Crippen molar-refractivity contribution >= 4 is 17.9 Å². The van der Waals surface area contributed by atoms with Crippen molar-refractivity contribution < 1.29 is 14.0 Å². The van der Waals surface area contributed by atoms with Crippen molar-refractivity contribution in [3.05, 3.63) is 35.6 Å². The van der Waals surface area contributed by atoms with E-state index in [2.05, 4.69) is 20.9 Å². The highest BCUT2D eigenvalue weighted by Gasteiger charge is 2.48. The summed E-state index contributed by atoms with van der Waals surface area (Å²) in [6.45, 7) is 6.75. The first-order chi connectivity index (χ1) is 13.4. The largest absolute Gasteiger partial charge is 0.357 e. The van der Waals surface area contributed by atoms with E-state index in [9.17, 15) is 14.0 Å². The predicted molar refractivity (Wildman–Crippen MR) is 105 cm³/mol. The second kappa shape index (κ2) is 8.58. The molecule has 2 saturated heterocycles. The van der Waals surface area contributed by atoms with Gasteiger partial charge < -0.3 is 15.5 Å². The van der Waals surface area contributed by atoms with Gasteiger partial charge in [0, 0.05) is 26.2 Å². The maximum atomic E-state index is 13.0. The van der Waals surface area contributed by atoms with E-state index < -0.39 is 11.6 Å². The molecule has 3 rings (SSSR count). The summed E-state index contributed by atoms with van der Waals surface area (Å²) >= 11 is 0. The summed E-state index contributed by atoms with van der Waals surface area (Å²) in [5.41, 5.74) is 0.219. The topological polar surface area (TPSA) is 85.8 Å². The standard InChI is InChI=1S/C20H28FN5O2/c1-3-22-18(23-11-8-14-4-6-16(21)7-5-14)26-12-9-15(10-13-26)20(2)17(27)24-19(28)25-20/h4-7,15H,3,8-13H2,1-2H3,(H,22,23)(H2,24,25,27,28). The zero-order chi connectivity index (χ0) is 20.1. The third-order valence-corrected chi connectivity index (χ3v) is 5.59. The number of carbonyl (C=O) groups excluding carboxylic acids is 2. The summed E-state index contributed by atoms with van der Waals surface area (Å²) in [6, 6.07) is 6.09. The highest BCUT2D eigenvalue weighted by Crippen LogP contribution is 2.30. The normalized spacial score (nSPS) is 23.5. The Hall–Kier alpha value is -2.64. The number of guanidine groups is 1. The van der Waals surface area contributed by atoms with Crippen LogP contribution in [0.5, 0.6) is 0 Å². The van der Waals surface area contributed by atoms with Crippen LogP contribution in [0.4, 0.5) is 9.18 Å². The number of carbonyl (C=O) groups is 2. The molecule has 0 spiro atoms. The van der Waals surface area contributed by atoms with Crippen LogP contribution < -0.4 is 16.0 Å². The molecule has 7 nitrogen and oxygen atoms in total. The fourth-order valence-electron chi connectivity index (χ4n) is 3.88. The van der Waals surface area contributed by atoms with Gasteiger partial charge in [-0.05, 0) is 56.7 Å². The first kappa shape index (κ1) is 20.1. The molecule has 0 radical (unpaired) electrons. The van der Waals surface area contributed by atoms with Gasteiger partial charge >= 0.3 is 6.03 Å². The smallest absolute Gasteiger partial charge is 0.322 e. The highest BCUT2D eigenvalue weighted by molar-refractivity contribution is 6.07. The van der Waals surface area contributed by atoms with Crippen molar-refractivity contribution in [3.8, 4) is 0 Å². The first-order valence-electron chi connectivity index (χ1n) is 9.83. The second-order valence-electron chi connectivity index (χ2n) is 7.48. The summed E-state index contributed by atoms with van der Waals surface area (Å²) in [5.74, 6) is 0.477. The van der Waals surface area contributed by atoms with Gasteiger partial charge in [0.15, 0.2) is 5.96 Å². The van der Waals surface area contributed by atoms with Crippen LogP contribution in [0.1, 0.15) is 32.3 Å². The SMILES string of the molecule is CCNC(=NCCc1ccc(F)cc1)N1CCC(C2(C)NC(=O)NC2=O)CC1. The lowest BCUT2D eigenvalue weighted by molar-refractivity contribution is -0.125. The summed E-state index contributed by atoms with van der Waals surface area (Å²) in [5, 5.41) is 8.45. The number of nitrogens with one attached hydrogen (secondary N) is 3. The molecule has 3 amide bonds. The van der Waals surface area contributed by atoms with Crippen molar-refractivity contribution in [1.82, 2.24) is 20.9 Å². The number of nitrogens with zero attached hydrogens (tertiary/aromatic N) is 2. The number of rotatable bonds is 5. The van der Waals surface area contributed by atoms with Crippen LogP contribution in [0.2, 0.25) is 0 Å². The number of imide groups is 1. The lowest BCUT2D eigenvalue weighted by Crippen LogP contribution is -2.55. The molecule has 2 fully saturated rings. The van der Waals surface area contributed by atoms with E-state index in [1.165, 1.54) is 12.1 Å². The molecular formula is C20H28FN5O2. The molecule has 28 heavy (non-hydrogen) atoms. The molecule has 0 aliphatic carbocycles. The molecule has 2 aliphatic heterocycles. The Balaban J connectivity index is 1.57. The molecule has 3 N–H and O–H groups in total. The summed E-state index contributed by atoms with van der Waals surface area (Å²) in [7, 11) is 0. The van der Waals surface area contributed by atoms with Crippen molar-refractivity contribution in [2.24, 2.45) is 10.9 Å². The molecule has 1 aromatic carbocycles. The van der Waals surface area contributed by atoms with Gasteiger partial charge in [-0.25, -0.2) is 9.18 Å². The van der Waals surface area contributed by atoms with Crippen molar-refractivity contribution in [3.63, 3.8) is 0 Å². The van der Waals surface area contributed by atoms with Crippen LogP contribution in [-0.4, -0.2) is 54.5 Å². The Morgan fingerprint density at radius 3 is 2.54 bits per heavy atom. The average Bonchev–Trinajstić information content (AvgIpc) is 2.95. The first-order valence-corrected chi connectivity index (χ1v) is 9.83. The van der Waals surface area contributed by atoms with E-state index in [0.717, 1.165) is 50.4 Å². The lowest BCUT2D eigenvalue weighted by Gasteiger charge is -2.39.